The summed E-state index contributed by atoms with van der Waals surface area (Å²) < 4.78 is 5.28. The first-order valence-electron chi connectivity index (χ1n) is 5.78. The molecule has 0 radical (unpaired) electrons. The minimum Gasteiger partial charge on any atom is -0.484 e. The van der Waals surface area contributed by atoms with E-state index in [1.54, 1.807) is 19.1 Å². The second-order valence-corrected chi connectivity index (χ2v) is 3.92. The zero-order chi connectivity index (χ0) is 13.5. The van der Waals surface area contributed by atoms with Gasteiger partial charge in [-0.3, -0.25) is 4.79 Å². The van der Waals surface area contributed by atoms with E-state index in [1.807, 2.05) is 6.92 Å². The van der Waals surface area contributed by atoms with Gasteiger partial charge in [0.1, 0.15) is 5.75 Å². The SMILES string of the molecule is CCCNC(=O)COc1ccc(C(=O)O)c(C)c1. The minimum absolute atomic E-state index is 0.0636. The number of aromatic carboxylic acids is 1. The van der Waals surface area contributed by atoms with Crippen molar-refractivity contribution in [3.63, 3.8) is 0 Å². The van der Waals surface area contributed by atoms with Crippen molar-refractivity contribution >= 4 is 11.9 Å². The third kappa shape index (κ3) is 4.08. The summed E-state index contributed by atoms with van der Waals surface area (Å²) in [5.41, 5.74) is 0.840. The van der Waals surface area contributed by atoms with Crippen LogP contribution in [0.1, 0.15) is 29.3 Å². The van der Waals surface area contributed by atoms with Crippen molar-refractivity contribution in [2.45, 2.75) is 20.3 Å². The Hall–Kier alpha value is -2.04. The third-order valence-corrected chi connectivity index (χ3v) is 2.37. The maximum Gasteiger partial charge on any atom is 0.335 e. The lowest BCUT2D eigenvalue weighted by molar-refractivity contribution is -0.123. The Balaban J connectivity index is 2.56. The largest absolute Gasteiger partial charge is 0.484 e. The molecule has 0 saturated carbocycles. The second-order valence-electron chi connectivity index (χ2n) is 3.92. The van der Waals surface area contributed by atoms with E-state index in [9.17, 15) is 9.59 Å². The number of carboxylic acids is 1. The van der Waals surface area contributed by atoms with Crippen molar-refractivity contribution in [2.24, 2.45) is 0 Å². The van der Waals surface area contributed by atoms with Gasteiger partial charge in [0, 0.05) is 6.54 Å². The summed E-state index contributed by atoms with van der Waals surface area (Å²) >= 11 is 0. The maximum absolute atomic E-state index is 11.3. The van der Waals surface area contributed by atoms with Gasteiger partial charge in [0.25, 0.3) is 5.91 Å². The number of rotatable bonds is 6. The first-order valence-corrected chi connectivity index (χ1v) is 5.78. The number of carbonyl (C=O) groups is 2. The smallest absolute Gasteiger partial charge is 0.335 e. The summed E-state index contributed by atoms with van der Waals surface area (Å²) in [7, 11) is 0. The van der Waals surface area contributed by atoms with Crippen LogP contribution in [0.3, 0.4) is 0 Å². The van der Waals surface area contributed by atoms with Crippen LogP contribution in [-0.4, -0.2) is 30.1 Å². The van der Waals surface area contributed by atoms with Crippen LogP contribution in [0.4, 0.5) is 0 Å². The molecular formula is C13H17NO4. The number of benzene rings is 1. The van der Waals surface area contributed by atoms with Gasteiger partial charge in [-0.1, -0.05) is 6.92 Å². The highest BCUT2D eigenvalue weighted by atomic mass is 16.5. The number of aryl methyl sites for hydroxylation is 1. The topological polar surface area (TPSA) is 75.6 Å². The van der Waals surface area contributed by atoms with Crippen molar-refractivity contribution in [3.05, 3.63) is 29.3 Å². The van der Waals surface area contributed by atoms with E-state index in [4.69, 9.17) is 9.84 Å². The Labute approximate surface area is 106 Å². The first kappa shape index (κ1) is 14.0. The summed E-state index contributed by atoms with van der Waals surface area (Å²) in [4.78, 5) is 22.1. The Bertz CT molecular complexity index is 443. The lowest BCUT2D eigenvalue weighted by atomic mass is 10.1. The molecule has 0 unspecified atom stereocenters. The molecule has 0 aliphatic rings. The van der Waals surface area contributed by atoms with Crippen LogP contribution >= 0.6 is 0 Å². The van der Waals surface area contributed by atoms with Gasteiger partial charge in [0.2, 0.25) is 0 Å². The fraction of sp³-hybridized carbons (Fsp3) is 0.385. The maximum atomic E-state index is 11.3. The molecule has 0 aliphatic heterocycles. The summed E-state index contributed by atoms with van der Waals surface area (Å²) in [5.74, 6) is -0.666. The van der Waals surface area contributed by atoms with Gasteiger partial charge in [0.05, 0.1) is 5.56 Å². The highest BCUT2D eigenvalue weighted by molar-refractivity contribution is 5.89. The fourth-order valence-electron chi connectivity index (χ4n) is 1.43. The molecule has 0 saturated heterocycles. The van der Waals surface area contributed by atoms with Crippen LogP contribution in [0.5, 0.6) is 5.75 Å². The summed E-state index contributed by atoms with van der Waals surface area (Å²) in [6.07, 6.45) is 0.873. The molecule has 0 spiro atoms. The van der Waals surface area contributed by atoms with E-state index in [2.05, 4.69) is 5.32 Å². The molecule has 5 heteroatoms. The van der Waals surface area contributed by atoms with Crippen LogP contribution in [0.15, 0.2) is 18.2 Å². The summed E-state index contributed by atoms with van der Waals surface area (Å²) in [5, 5.41) is 11.6. The molecule has 0 atom stereocenters. The number of carboxylic acid groups (broad SMARTS) is 1. The predicted octanol–water partition coefficient (Wildman–Crippen LogP) is 1.60. The number of amides is 1. The number of nitrogens with one attached hydrogen (secondary N) is 1. The van der Waals surface area contributed by atoms with Gasteiger partial charge in [-0.2, -0.15) is 0 Å². The number of hydrogen-bond donors (Lipinski definition) is 2. The molecule has 2 N–H and O–H groups in total. The Kier molecular flexibility index (Phi) is 5.17. The molecule has 0 fully saturated rings. The first-order chi connectivity index (χ1) is 8.54. The number of ether oxygens (including phenoxy) is 1. The molecule has 1 aromatic carbocycles. The highest BCUT2D eigenvalue weighted by Crippen LogP contribution is 2.17. The second kappa shape index (κ2) is 6.64. The number of carbonyl (C=O) groups excluding carboxylic acids is 1. The van der Waals surface area contributed by atoms with Gasteiger partial charge in [-0.25, -0.2) is 4.79 Å². The molecule has 5 nitrogen and oxygen atoms in total. The van der Waals surface area contributed by atoms with E-state index < -0.39 is 5.97 Å². The molecule has 0 heterocycles. The van der Waals surface area contributed by atoms with E-state index in [0.29, 0.717) is 17.9 Å². The molecule has 0 aliphatic carbocycles. The summed E-state index contributed by atoms with van der Waals surface area (Å²) in [6, 6.07) is 4.62. The molecule has 0 aromatic heterocycles. The van der Waals surface area contributed by atoms with Crippen molar-refractivity contribution in [1.82, 2.24) is 5.32 Å². The van der Waals surface area contributed by atoms with Crippen LogP contribution in [0.25, 0.3) is 0 Å². The fourth-order valence-corrected chi connectivity index (χ4v) is 1.43. The zero-order valence-corrected chi connectivity index (χ0v) is 10.5. The average molecular weight is 251 g/mol. The van der Waals surface area contributed by atoms with Crippen molar-refractivity contribution in [2.75, 3.05) is 13.2 Å². The van der Waals surface area contributed by atoms with Gasteiger partial charge in [-0.15, -0.1) is 0 Å². The van der Waals surface area contributed by atoms with E-state index >= 15 is 0 Å². The van der Waals surface area contributed by atoms with Gasteiger partial charge < -0.3 is 15.2 Å². The molecule has 98 valence electrons. The van der Waals surface area contributed by atoms with Crippen molar-refractivity contribution < 1.29 is 19.4 Å². The molecular weight excluding hydrogens is 234 g/mol. The molecule has 1 amide bonds. The lowest BCUT2D eigenvalue weighted by Gasteiger charge is -2.08. The molecule has 0 bridgehead atoms. The van der Waals surface area contributed by atoms with Gasteiger partial charge >= 0.3 is 5.97 Å². The van der Waals surface area contributed by atoms with Crippen LogP contribution in [-0.2, 0) is 4.79 Å². The molecule has 1 aromatic rings. The molecule has 1 rings (SSSR count). The Morgan fingerprint density at radius 1 is 1.39 bits per heavy atom. The summed E-state index contributed by atoms with van der Waals surface area (Å²) in [6.45, 7) is 4.22. The lowest BCUT2D eigenvalue weighted by Crippen LogP contribution is -2.29. The van der Waals surface area contributed by atoms with E-state index in [1.165, 1.54) is 6.07 Å². The predicted molar refractivity (Wildman–Crippen MR) is 66.9 cm³/mol. The van der Waals surface area contributed by atoms with Gasteiger partial charge in [0.15, 0.2) is 6.61 Å². The number of hydrogen-bond acceptors (Lipinski definition) is 3. The molecule has 18 heavy (non-hydrogen) atoms. The van der Waals surface area contributed by atoms with E-state index in [0.717, 1.165) is 6.42 Å². The van der Waals surface area contributed by atoms with Crippen LogP contribution < -0.4 is 10.1 Å². The normalized spacial score (nSPS) is 9.89. The Morgan fingerprint density at radius 3 is 2.67 bits per heavy atom. The van der Waals surface area contributed by atoms with Crippen LogP contribution in [0, 0.1) is 6.92 Å². The third-order valence-electron chi connectivity index (χ3n) is 2.37. The zero-order valence-electron chi connectivity index (χ0n) is 10.5. The van der Waals surface area contributed by atoms with Gasteiger partial charge in [-0.05, 0) is 37.1 Å². The van der Waals surface area contributed by atoms with Crippen molar-refractivity contribution in [1.29, 1.82) is 0 Å². The Morgan fingerprint density at radius 2 is 2.11 bits per heavy atom. The quantitative estimate of drug-likeness (QED) is 0.805. The van der Waals surface area contributed by atoms with E-state index in [-0.39, 0.29) is 18.1 Å². The monoisotopic (exact) mass is 251 g/mol. The van der Waals surface area contributed by atoms with Crippen molar-refractivity contribution in [3.8, 4) is 5.75 Å². The minimum atomic E-state index is -0.972. The van der Waals surface area contributed by atoms with Crippen LogP contribution in [0.2, 0.25) is 0 Å². The highest BCUT2D eigenvalue weighted by Gasteiger charge is 2.08. The standard InChI is InChI=1S/C13H17NO4/c1-3-6-14-12(15)8-18-10-4-5-11(13(16)17)9(2)7-10/h4-5,7H,3,6,8H2,1-2H3,(H,14,15)(H,16,17). The average Bonchev–Trinajstić information content (AvgIpc) is 2.33.